The van der Waals surface area contributed by atoms with Gasteiger partial charge < -0.3 is 5.32 Å². The maximum Gasteiger partial charge on any atom is 0.274 e. The van der Waals surface area contributed by atoms with Crippen molar-refractivity contribution in [1.82, 2.24) is 10.3 Å². The number of benzene rings is 1. The highest BCUT2D eigenvalue weighted by Gasteiger charge is 2.22. The Morgan fingerprint density at radius 1 is 1.39 bits per heavy atom. The first-order chi connectivity index (χ1) is 8.67. The van der Waals surface area contributed by atoms with E-state index in [1.165, 1.54) is 11.1 Å². The number of hydrogen-bond donors (Lipinski definition) is 1. The van der Waals surface area contributed by atoms with Gasteiger partial charge in [-0.15, -0.1) is 0 Å². The fourth-order valence-electron chi connectivity index (χ4n) is 1.89. The van der Waals surface area contributed by atoms with Gasteiger partial charge >= 0.3 is 0 Å². The maximum absolute atomic E-state index is 11.9. The zero-order valence-electron chi connectivity index (χ0n) is 10.5. The van der Waals surface area contributed by atoms with Crippen LogP contribution >= 0.6 is 0 Å². The normalized spacial score (nSPS) is 17.4. The van der Waals surface area contributed by atoms with Gasteiger partial charge in [0.1, 0.15) is 5.82 Å². The Labute approximate surface area is 106 Å². The molecule has 1 amide bonds. The molecule has 0 fully saturated rings. The van der Waals surface area contributed by atoms with E-state index in [2.05, 4.69) is 17.1 Å². The van der Waals surface area contributed by atoms with E-state index in [0.29, 0.717) is 5.82 Å². The molecule has 1 N–H and O–H groups in total. The van der Waals surface area contributed by atoms with Gasteiger partial charge in [0.25, 0.3) is 5.91 Å². The maximum atomic E-state index is 11.9. The number of nitrogens with one attached hydrogen (secondary N) is 1. The van der Waals surface area contributed by atoms with Crippen molar-refractivity contribution in [3.8, 4) is 0 Å². The van der Waals surface area contributed by atoms with Crippen molar-refractivity contribution < 1.29 is 4.79 Å². The Hall–Kier alpha value is -2.36. The fraction of sp³-hybridized carbons (Fsp3) is 0.143. The van der Waals surface area contributed by atoms with Crippen LogP contribution in [0, 0.1) is 6.92 Å². The lowest BCUT2D eigenvalue weighted by Gasteiger charge is -2.26. The molecule has 4 heteroatoms. The van der Waals surface area contributed by atoms with Crippen molar-refractivity contribution in [3.63, 3.8) is 0 Å². The molecule has 0 radical (unpaired) electrons. The van der Waals surface area contributed by atoms with Crippen LogP contribution in [0.15, 0.2) is 47.3 Å². The number of amides is 1. The van der Waals surface area contributed by atoms with E-state index in [1.807, 2.05) is 38.1 Å². The van der Waals surface area contributed by atoms with Gasteiger partial charge in [-0.2, -0.15) is 10.1 Å². The third-order valence-corrected chi connectivity index (χ3v) is 2.82. The van der Waals surface area contributed by atoms with E-state index in [1.54, 1.807) is 6.08 Å². The molecule has 1 heterocycles. The molecule has 1 aliphatic rings. The molecule has 0 atom stereocenters. The van der Waals surface area contributed by atoms with E-state index >= 15 is 0 Å². The van der Waals surface area contributed by atoms with Gasteiger partial charge in [0.15, 0.2) is 0 Å². The number of hydrogen-bond acceptors (Lipinski definition) is 3. The second kappa shape index (κ2) is 4.87. The summed E-state index contributed by atoms with van der Waals surface area (Å²) >= 11 is 0. The quantitative estimate of drug-likeness (QED) is 0.807. The van der Waals surface area contributed by atoms with Crippen molar-refractivity contribution >= 4 is 18.3 Å². The summed E-state index contributed by atoms with van der Waals surface area (Å²) in [4.78, 5) is 11.9. The van der Waals surface area contributed by atoms with E-state index in [-0.39, 0.29) is 5.91 Å². The van der Waals surface area contributed by atoms with Gasteiger partial charge in [0, 0.05) is 18.4 Å². The zero-order chi connectivity index (χ0) is 13.1. The van der Waals surface area contributed by atoms with Crippen LogP contribution in [0.3, 0.4) is 0 Å². The van der Waals surface area contributed by atoms with Crippen LogP contribution in [-0.4, -0.2) is 17.6 Å². The molecule has 92 valence electrons. The molecule has 0 unspecified atom stereocenters. The van der Waals surface area contributed by atoms with Crippen molar-refractivity contribution in [2.24, 2.45) is 5.10 Å². The summed E-state index contributed by atoms with van der Waals surface area (Å²) < 4.78 is 0. The molecule has 0 aromatic heterocycles. The van der Waals surface area contributed by atoms with Gasteiger partial charge in [-0.3, -0.25) is 4.79 Å². The lowest BCUT2D eigenvalue weighted by Crippen LogP contribution is -2.36. The average molecular weight is 241 g/mol. The standard InChI is InChI=1S/C14H15N3O/c1-4-13-16-12(9-14(18)17(13)15-3)11-8-6-5-7-10(11)2/h4-9,16H,3H2,1-2H3/b13-4-. The number of hydrazone groups is 1. The van der Waals surface area contributed by atoms with Crippen molar-refractivity contribution in [2.75, 3.05) is 0 Å². The van der Waals surface area contributed by atoms with Gasteiger partial charge in [-0.1, -0.05) is 24.3 Å². The summed E-state index contributed by atoms with van der Waals surface area (Å²) in [5, 5.41) is 8.11. The monoisotopic (exact) mass is 241 g/mol. The highest BCUT2D eigenvalue weighted by atomic mass is 16.2. The van der Waals surface area contributed by atoms with Gasteiger partial charge in [0.05, 0.1) is 5.70 Å². The average Bonchev–Trinajstić information content (AvgIpc) is 2.38. The molecule has 4 nitrogen and oxygen atoms in total. The molecule has 18 heavy (non-hydrogen) atoms. The summed E-state index contributed by atoms with van der Waals surface area (Å²) in [5.74, 6) is 0.422. The molecule has 1 aliphatic heterocycles. The molecule has 0 saturated heterocycles. The molecule has 0 saturated carbocycles. The predicted molar refractivity (Wildman–Crippen MR) is 72.4 cm³/mol. The first-order valence-corrected chi connectivity index (χ1v) is 5.69. The molecule has 0 spiro atoms. The Bertz CT molecular complexity index is 558. The van der Waals surface area contributed by atoms with Gasteiger partial charge in [0.2, 0.25) is 0 Å². The number of carbonyl (C=O) groups excluding carboxylic acids is 1. The Morgan fingerprint density at radius 2 is 2.11 bits per heavy atom. The minimum atomic E-state index is -0.199. The molecule has 0 bridgehead atoms. The second-order valence-electron chi connectivity index (χ2n) is 3.96. The van der Waals surface area contributed by atoms with Gasteiger partial charge in [-0.05, 0) is 25.5 Å². The summed E-state index contributed by atoms with van der Waals surface area (Å²) in [6, 6.07) is 7.91. The lowest BCUT2D eigenvalue weighted by atomic mass is 10.0. The number of allylic oxidation sites excluding steroid dienone is 1. The summed E-state index contributed by atoms with van der Waals surface area (Å²) in [6.45, 7) is 7.24. The molecule has 0 aliphatic carbocycles. The molecule has 2 rings (SSSR count). The minimum absolute atomic E-state index is 0.199. The summed E-state index contributed by atoms with van der Waals surface area (Å²) in [6.07, 6.45) is 3.32. The number of aryl methyl sites for hydroxylation is 1. The van der Waals surface area contributed by atoms with E-state index in [0.717, 1.165) is 16.8 Å². The van der Waals surface area contributed by atoms with E-state index in [4.69, 9.17) is 0 Å². The topological polar surface area (TPSA) is 44.7 Å². The van der Waals surface area contributed by atoms with E-state index < -0.39 is 0 Å². The number of carbonyl (C=O) groups is 1. The molecular formula is C14H15N3O. The minimum Gasteiger partial charge on any atom is -0.340 e. The Kier molecular flexibility index (Phi) is 3.28. The SMILES string of the molecule is C=NN1C(=O)C=C(c2ccccc2C)N/C1=C/C. The first-order valence-electron chi connectivity index (χ1n) is 5.69. The molecule has 1 aromatic rings. The first kappa shape index (κ1) is 12.1. The number of nitrogens with zero attached hydrogens (tertiary/aromatic N) is 2. The summed E-state index contributed by atoms with van der Waals surface area (Å²) in [5.41, 5.74) is 2.90. The van der Waals surface area contributed by atoms with Crippen LogP contribution < -0.4 is 5.32 Å². The van der Waals surface area contributed by atoms with Crippen molar-refractivity contribution in [3.05, 3.63) is 53.4 Å². The Balaban J connectivity index is 2.46. The van der Waals surface area contributed by atoms with Crippen molar-refractivity contribution in [1.29, 1.82) is 0 Å². The largest absolute Gasteiger partial charge is 0.340 e. The molecule has 1 aromatic carbocycles. The van der Waals surface area contributed by atoms with Crippen LogP contribution in [0.2, 0.25) is 0 Å². The third-order valence-electron chi connectivity index (χ3n) is 2.82. The fourth-order valence-corrected chi connectivity index (χ4v) is 1.89. The van der Waals surface area contributed by atoms with Crippen LogP contribution in [0.25, 0.3) is 5.70 Å². The van der Waals surface area contributed by atoms with Crippen LogP contribution in [-0.2, 0) is 4.79 Å². The highest BCUT2D eigenvalue weighted by molar-refractivity contribution is 5.98. The summed E-state index contributed by atoms with van der Waals surface area (Å²) in [7, 11) is 0. The zero-order valence-corrected chi connectivity index (χ0v) is 10.5. The van der Waals surface area contributed by atoms with Crippen molar-refractivity contribution in [2.45, 2.75) is 13.8 Å². The third kappa shape index (κ3) is 2.05. The van der Waals surface area contributed by atoms with Crippen LogP contribution in [0.5, 0.6) is 0 Å². The number of rotatable bonds is 2. The second-order valence-corrected chi connectivity index (χ2v) is 3.96. The highest BCUT2D eigenvalue weighted by Crippen LogP contribution is 2.22. The Morgan fingerprint density at radius 3 is 2.72 bits per heavy atom. The van der Waals surface area contributed by atoms with Crippen LogP contribution in [0.1, 0.15) is 18.1 Å². The van der Waals surface area contributed by atoms with Crippen LogP contribution in [0.4, 0.5) is 0 Å². The van der Waals surface area contributed by atoms with Gasteiger partial charge in [-0.25, -0.2) is 0 Å². The lowest BCUT2D eigenvalue weighted by molar-refractivity contribution is -0.124. The molecular weight excluding hydrogens is 226 g/mol. The smallest absolute Gasteiger partial charge is 0.274 e. The van der Waals surface area contributed by atoms with E-state index in [9.17, 15) is 4.79 Å². The predicted octanol–water partition coefficient (Wildman–Crippen LogP) is 2.24.